The minimum Gasteiger partial charge on any atom is -0.317 e. The van der Waals surface area contributed by atoms with Gasteiger partial charge in [0.15, 0.2) is 5.82 Å². The number of rotatable bonds is 6. The molecule has 0 aliphatic carbocycles. The second kappa shape index (κ2) is 13.1. The van der Waals surface area contributed by atoms with E-state index in [1.807, 2.05) is 36.4 Å². The summed E-state index contributed by atoms with van der Waals surface area (Å²) < 4.78 is 4.68. The van der Waals surface area contributed by atoms with Crippen LogP contribution in [0.25, 0.3) is 99.9 Å². The second-order valence-corrected chi connectivity index (χ2v) is 14.3. The number of para-hydroxylation sites is 2. The lowest BCUT2D eigenvalue weighted by Crippen LogP contribution is -1.96. The summed E-state index contributed by atoms with van der Waals surface area (Å²) >= 11 is 0. The van der Waals surface area contributed by atoms with Gasteiger partial charge in [-0.1, -0.05) is 133 Å². The maximum atomic E-state index is 5.08. The number of nitrogens with zero attached hydrogens (tertiary/aromatic N) is 4. The van der Waals surface area contributed by atoms with Crippen molar-refractivity contribution >= 4 is 43.5 Å². The predicted molar refractivity (Wildman–Crippen MR) is 232 cm³/mol. The van der Waals surface area contributed by atoms with Crippen LogP contribution in [0.1, 0.15) is 0 Å². The van der Waals surface area contributed by atoms with Crippen molar-refractivity contribution in [3.63, 3.8) is 0 Å². The molecule has 0 fully saturated rings. The SMILES string of the molecule is c1ccc(-c2cc(-c3cccc(-c4ccc(-n5c6ccccc6c6cc7c(ccc8c7ccn8-c7ccccc7)cc65)cc4)c3)nc(-c3ccccc3)n2)cc1. The maximum absolute atomic E-state index is 5.08. The molecular weight excluding hydrogens is 681 g/mol. The van der Waals surface area contributed by atoms with E-state index in [1.165, 1.54) is 43.5 Å². The lowest BCUT2D eigenvalue weighted by molar-refractivity contribution is 1.13. The van der Waals surface area contributed by atoms with Gasteiger partial charge in [0.2, 0.25) is 0 Å². The number of fused-ring (bicyclic) bond motifs is 6. The fraction of sp³-hybridized carbons (Fsp3) is 0. The molecule has 4 heteroatoms. The molecule has 0 saturated carbocycles. The zero-order valence-electron chi connectivity index (χ0n) is 30.4. The molecule has 3 heterocycles. The van der Waals surface area contributed by atoms with Crippen molar-refractivity contribution in [1.29, 1.82) is 0 Å². The minimum atomic E-state index is 0.714. The molecule has 0 saturated heterocycles. The zero-order chi connectivity index (χ0) is 37.0. The minimum absolute atomic E-state index is 0.714. The zero-order valence-corrected chi connectivity index (χ0v) is 30.4. The molecule has 0 aliphatic rings. The average molecular weight is 715 g/mol. The third-order valence-electron chi connectivity index (χ3n) is 11.0. The van der Waals surface area contributed by atoms with Crippen LogP contribution in [0.5, 0.6) is 0 Å². The van der Waals surface area contributed by atoms with Gasteiger partial charge in [-0.05, 0) is 88.6 Å². The molecule has 8 aromatic carbocycles. The summed E-state index contributed by atoms with van der Waals surface area (Å²) in [5.41, 5.74) is 13.1. The topological polar surface area (TPSA) is 35.6 Å². The molecule has 11 rings (SSSR count). The van der Waals surface area contributed by atoms with Crippen LogP contribution in [0.15, 0.2) is 206 Å². The van der Waals surface area contributed by atoms with Crippen LogP contribution in [-0.2, 0) is 0 Å². The summed E-state index contributed by atoms with van der Waals surface area (Å²) in [6, 6.07) is 71.1. The summed E-state index contributed by atoms with van der Waals surface area (Å²) in [4.78, 5) is 10.1. The standard InChI is InChI=1S/C52H34N4/c1-4-13-36(14-5-1)47-34-48(54-52(53-47)37-15-6-2-7-16-37)40-18-12-17-38(31-40)35-23-26-42(27-24-35)56-50-22-11-10-21-43(50)46-33-45-39(32-51(46)56)25-28-49-44(45)29-30-55(49)41-19-8-3-9-20-41/h1-34H. The highest BCUT2D eigenvalue weighted by Gasteiger charge is 2.16. The molecule has 0 aliphatic heterocycles. The predicted octanol–water partition coefficient (Wildman–Crippen LogP) is 13.3. The third kappa shape index (κ3) is 5.39. The van der Waals surface area contributed by atoms with E-state index >= 15 is 0 Å². The van der Waals surface area contributed by atoms with Gasteiger partial charge in [0.25, 0.3) is 0 Å². The first-order valence-corrected chi connectivity index (χ1v) is 19.0. The number of hydrogen-bond acceptors (Lipinski definition) is 2. The van der Waals surface area contributed by atoms with Gasteiger partial charge < -0.3 is 9.13 Å². The van der Waals surface area contributed by atoms with Crippen molar-refractivity contribution in [2.45, 2.75) is 0 Å². The normalized spacial score (nSPS) is 11.6. The monoisotopic (exact) mass is 714 g/mol. The van der Waals surface area contributed by atoms with E-state index in [0.717, 1.165) is 50.6 Å². The summed E-state index contributed by atoms with van der Waals surface area (Å²) in [6.45, 7) is 0. The Balaban J connectivity index is 0.992. The van der Waals surface area contributed by atoms with Crippen molar-refractivity contribution in [2.75, 3.05) is 0 Å². The van der Waals surface area contributed by atoms with Crippen LogP contribution in [-0.4, -0.2) is 19.1 Å². The summed E-state index contributed by atoms with van der Waals surface area (Å²) in [6.07, 6.45) is 2.18. The average Bonchev–Trinajstić information content (AvgIpc) is 3.86. The highest BCUT2D eigenvalue weighted by Crippen LogP contribution is 2.38. The molecule has 11 aromatic rings. The molecule has 0 radical (unpaired) electrons. The Labute approximate surface area is 324 Å². The van der Waals surface area contributed by atoms with Crippen molar-refractivity contribution in [3.05, 3.63) is 206 Å². The van der Waals surface area contributed by atoms with Crippen molar-refractivity contribution < 1.29 is 0 Å². The van der Waals surface area contributed by atoms with Crippen molar-refractivity contribution in [3.8, 4) is 56.4 Å². The molecule has 0 atom stereocenters. The smallest absolute Gasteiger partial charge is 0.160 e. The van der Waals surface area contributed by atoms with Crippen LogP contribution in [0.3, 0.4) is 0 Å². The van der Waals surface area contributed by atoms with Gasteiger partial charge in [0.1, 0.15) is 0 Å². The molecular formula is C52H34N4. The van der Waals surface area contributed by atoms with E-state index in [-0.39, 0.29) is 0 Å². The molecule has 0 N–H and O–H groups in total. The van der Waals surface area contributed by atoms with Crippen LogP contribution in [0.4, 0.5) is 0 Å². The van der Waals surface area contributed by atoms with E-state index in [0.29, 0.717) is 5.82 Å². The van der Waals surface area contributed by atoms with Gasteiger partial charge in [-0.2, -0.15) is 0 Å². The lowest BCUT2D eigenvalue weighted by atomic mass is 10.00. The van der Waals surface area contributed by atoms with Gasteiger partial charge in [-0.15, -0.1) is 0 Å². The molecule has 4 nitrogen and oxygen atoms in total. The molecule has 0 amide bonds. The molecule has 56 heavy (non-hydrogen) atoms. The first-order valence-electron chi connectivity index (χ1n) is 19.0. The van der Waals surface area contributed by atoms with Gasteiger partial charge in [0, 0.05) is 50.4 Å². The van der Waals surface area contributed by atoms with E-state index < -0.39 is 0 Å². The summed E-state index contributed by atoms with van der Waals surface area (Å²) in [5, 5.41) is 6.24. The quantitative estimate of drug-likeness (QED) is 0.172. The molecule has 3 aromatic heterocycles. The molecule has 0 unspecified atom stereocenters. The Morgan fingerprint density at radius 1 is 0.321 bits per heavy atom. The number of hydrogen-bond donors (Lipinski definition) is 0. The Kier molecular flexibility index (Phi) is 7.46. The largest absolute Gasteiger partial charge is 0.317 e. The second-order valence-electron chi connectivity index (χ2n) is 14.3. The fourth-order valence-electron chi connectivity index (χ4n) is 8.23. The van der Waals surface area contributed by atoms with Crippen LogP contribution in [0.2, 0.25) is 0 Å². The third-order valence-corrected chi connectivity index (χ3v) is 11.0. The van der Waals surface area contributed by atoms with Gasteiger partial charge in [-0.3, -0.25) is 0 Å². The Bertz CT molecular complexity index is 3160. The van der Waals surface area contributed by atoms with Crippen molar-refractivity contribution in [1.82, 2.24) is 19.1 Å². The van der Waals surface area contributed by atoms with E-state index in [9.17, 15) is 0 Å². The number of aromatic nitrogens is 4. The first-order chi connectivity index (χ1) is 27.7. The first kappa shape index (κ1) is 31.9. The van der Waals surface area contributed by atoms with Gasteiger partial charge in [-0.25, -0.2) is 9.97 Å². The molecule has 262 valence electrons. The van der Waals surface area contributed by atoms with Crippen molar-refractivity contribution in [2.24, 2.45) is 0 Å². The fourth-order valence-corrected chi connectivity index (χ4v) is 8.23. The molecule has 0 bridgehead atoms. The highest BCUT2D eigenvalue weighted by atomic mass is 15.0. The van der Waals surface area contributed by atoms with Gasteiger partial charge >= 0.3 is 0 Å². The van der Waals surface area contributed by atoms with Crippen LogP contribution < -0.4 is 0 Å². The van der Waals surface area contributed by atoms with E-state index in [2.05, 4.69) is 179 Å². The summed E-state index contributed by atoms with van der Waals surface area (Å²) in [5.74, 6) is 0.714. The number of benzene rings is 8. The maximum Gasteiger partial charge on any atom is 0.160 e. The van der Waals surface area contributed by atoms with E-state index in [1.54, 1.807) is 0 Å². The Morgan fingerprint density at radius 2 is 0.964 bits per heavy atom. The van der Waals surface area contributed by atoms with Crippen LogP contribution >= 0.6 is 0 Å². The highest BCUT2D eigenvalue weighted by molar-refractivity contribution is 6.18. The van der Waals surface area contributed by atoms with Crippen LogP contribution in [0, 0.1) is 0 Å². The summed E-state index contributed by atoms with van der Waals surface area (Å²) in [7, 11) is 0. The lowest BCUT2D eigenvalue weighted by Gasteiger charge is -2.12. The Morgan fingerprint density at radius 3 is 1.75 bits per heavy atom. The molecule has 0 spiro atoms. The van der Waals surface area contributed by atoms with E-state index in [4.69, 9.17) is 9.97 Å². The van der Waals surface area contributed by atoms with Gasteiger partial charge in [0.05, 0.1) is 27.9 Å². The Hall–Kier alpha value is -7.56.